The van der Waals surface area contributed by atoms with Gasteiger partial charge in [0.2, 0.25) is 0 Å². The number of nitrogens with one attached hydrogen (secondary N) is 1. The highest BCUT2D eigenvalue weighted by atomic mass is 32.1. The fourth-order valence-electron chi connectivity index (χ4n) is 3.98. The number of hydrogen-bond donors (Lipinski definition) is 1. The van der Waals surface area contributed by atoms with Gasteiger partial charge in [-0.3, -0.25) is 4.90 Å². The van der Waals surface area contributed by atoms with Gasteiger partial charge in [0.25, 0.3) is 0 Å². The van der Waals surface area contributed by atoms with Gasteiger partial charge in [0.05, 0.1) is 0 Å². The molecular formula is C23H29N5S. The van der Waals surface area contributed by atoms with Crippen LogP contribution in [0.1, 0.15) is 53.7 Å². The number of anilines is 2. The SMILES string of the molecule is Cc1nc(C)c(Cc2ccccc2)c(Nc2ncc(CN3CCCCC3C)s2)n1. The first kappa shape index (κ1) is 20.0. The summed E-state index contributed by atoms with van der Waals surface area (Å²) in [5, 5.41) is 4.38. The van der Waals surface area contributed by atoms with Crippen molar-refractivity contribution >= 4 is 22.3 Å². The zero-order chi connectivity index (χ0) is 20.2. The molecule has 0 radical (unpaired) electrons. The number of thiazole rings is 1. The Labute approximate surface area is 177 Å². The van der Waals surface area contributed by atoms with E-state index in [1.165, 1.54) is 36.2 Å². The standard InChI is InChI=1S/C23H29N5S/c1-16-9-7-8-12-28(16)15-20-14-24-23(29-20)27-22-21(17(2)25-18(3)26-22)13-19-10-5-4-6-11-19/h4-6,10-11,14,16H,7-9,12-13,15H2,1-3H3,(H,24,25,26,27). The quantitative estimate of drug-likeness (QED) is 0.604. The molecule has 3 aromatic rings. The van der Waals surface area contributed by atoms with E-state index in [1.54, 1.807) is 11.3 Å². The molecule has 0 amide bonds. The molecule has 1 unspecified atom stereocenters. The molecule has 4 rings (SSSR count). The largest absolute Gasteiger partial charge is 0.316 e. The number of aryl methyl sites for hydroxylation is 2. The molecule has 2 aromatic heterocycles. The van der Waals surface area contributed by atoms with Crippen molar-refractivity contribution in [3.05, 3.63) is 64.1 Å². The maximum atomic E-state index is 4.70. The van der Waals surface area contributed by atoms with Crippen molar-refractivity contribution < 1.29 is 0 Å². The summed E-state index contributed by atoms with van der Waals surface area (Å²) in [4.78, 5) is 17.8. The van der Waals surface area contributed by atoms with E-state index in [-0.39, 0.29) is 0 Å². The van der Waals surface area contributed by atoms with Gasteiger partial charge < -0.3 is 5.32 Å². The molecule has 0 aliphatic carbocycles. The van der Waals surface area contributed by atoms with Crippen molar-refractivity contribution in [2.24, 2.45) is 0 Å². The van der Waals surface area contributed by atoms with Crippen LogP contribution in [0.3, 0.4) is 0 Å². The summed E-state index contributed by atoms with van der Waals surface area (Å²) in [5.41, 5.74) is 3.40. The topological polar surface area (TPSA) is 53.9 Å². The Bertz CT molecular complexity index is 953. The molecule has 1 aliphatic heterocycles. The van der Waals surface area contributed by atoms with Gasteiger partial charge >= 0.3 is 0 Å². The molecule has 1 aromatic carbocycles. The third-order valence-electron chi connectivity index (χ3n) is 5.63. The zero-order valence-corrected chi connectivity index (χ0v) is 18.3. The van der Waals surface area contributed by atoms with Gasteiger partial charge in [-0.2, -0.15) is 0 Å². The maximum Gasteiger partial charge on any atom is 0.188 e. The van der Waals surface area contributed by atoms with Gasteiger partial charge in [-0.1, -0.05) is 36.8 Å². The van der Waals surface area contributed by atoms with Gasteiger partial charge in [-0.05, 0) is 45.7 Å². The number of rotatable bonds is 6. The van der Waals surface area contributed by atoms with E-state index < -0.39 is 0 Å². The molecule has 29 heavy (non-hydrogen) atoms. The van der Waals surface area contributed by atoms with E-state index in [1.807, 2.05) is 19.2 Å². The second-order valence-electron chi connectivity index (χ2n) is 7.92. The number of benzene rings is 1. The Morgan fingerprint density at radius 2 is 1.97 bits per heavy atom. The number of piperidine rings is 1. The van der Waals surface area contributed by atoms with Crippen LogP contribution in [0.4, 0.5) is 10.9 Å². The minimum absolute atomic E-state index is 0.659. The van der Waals surface area contributed by atoms with Gasteiger partial charge in [-0.25, -0.2) is 15.0 Å². The molecule has 6 heteroatoms. The zero-order valence-electron chi connectivity index (χ0n) is 17.5. The lowest BCUT2D eigenvalue weighted by Gasteiger charge is -2.32. The van der Waals surface area contributed by atoms with E-state index in [4.69, 9.17) is 4.98 Å². The molecule has 1 N–H and O–H groups in total. The van der Waals surface area contributed by atoms with Crippen molar-refractivity contribution in [1.82, 2.24) is 19.9 Å². The number of likely N-dealkylation sites (tertiary alicyclic amines) is 1. The van der Waals surface area contributed by atoms with Gasteiger partial charge in [0.15, 0.2) is 5.13 Å². The van der Waals surface area contributed by atoms with Crippen LogP contribution in [0.5, 0.6) is 0 Å². The third kappa shape index (κ3) is 5.00. The molecule has 3 heterocycles. The Morgan fingerprint density at radius 3 is 2.76 bits per heavy atom. The summed E-state index contributed by atoms with van der Waals surface area (Å²) in [6.07, 6.45) is 6.76. The fraction of sp³-hybridized carbons (Fsp3) is 0.435. The van der Waals surface area contributed by atoms with Crippen molar-refractivity contribution in [2.75, 3.05) is 11.9 Å². The molecule has 0 bridgehead atoms. The first-order chi connectivity index (χ1) is 14.1. The summed E-state index contributed by atoms with van der Waals surface area (Å²) in [6, 6.07) is 11.1. The first-order valence-electron chi connectivity index (χ1n) is 10.4. The lowest BCUT2D eigenvalue weighted by Crippen LogP contribution is -2.36. The maximum absolute atomic E-state index is 4.70. The molecule has 0 saturated carbocycles. The van der Waals surface area contributed by atoms with Gasteiger partial charge in [0.1, 0.15) is 11.6 Å². The van der Waals surface area contributed by atoms with E-state index in [0.29, 0.717) is 6.04 Å². The van der Waals surface area contributed by atoms with Crippen LogP contribution in [-0.2, 0) is 13.0 Å². The molecule has 1 atom stereocenters. The average Bonchev–Trinajstić information content (AvgIpc) is 3.14. The van der Waals surface area contributed by atoms with Crippen molar-refractivity contribution in [2.45, 2.75) is 59.0 Å². The highest BCUT2D eigenvalue weighted by Gasteiger charge is 2.19. The molecule has 152 valence electrons. The monoisotopic (exact) mass is 407 g/mol. The minimum atomic E-state index is 0.659. The number of nitrogens with zero attached hydrogens (tertiary/aromatic N) is 4. The fourth-order valence-corrected chi connectivity index (χ4v) is 4.82. The van der Waals surface area contributed by atoms with Crippen LogP contribution in [0, 0.1) is 13.8 Å². The second kappa shape index (κ2) is 9.01. The minimum Gasteiger partial charge on any atom is -0.316 e. The van der Waals surface area contributed by atoms with Gasteiger partial charge in [-0.15, -0.1) is 11.3 Å². The summed E-state index contributed by atoms with van der Waals surface area (Å²) >= 11 is 1.73. The third-order valence-corrected chi connectivity index (χ3v) is 6.53. The van der Waals surface area contributed by atoms with Crippen molar-refractivity contribution in [3.63, 3.8) is 0 Å². The Hall–Kier alpha value is -2.31. The lowest BCUT2D eigenvalue weighted by atomic mass is 10.0. The van der Waals surface area contributed by atoms with Crippen LogP contribution in [0.15, 0.2) is 36.5 Å². The van der Waals surface area contributed by atoms with Gasteiger partial charge in [0, 0.05) is 41.3 Å². The normalized spacial score (nSPS) is 17.4. The van der Waals surface area contributed by atoms with E-state index in [2.05, 4.69) is 58.3 Å². The van der Waals surface area contributed by atoms with Crippen molar-refractivity contribution in [1.29, 1.82) is 0 Å². The average molecular weight is 408 g/mol. The number of aromatic nitrogens is 3. The van der Waals surface area contributed by atoms with E-state index in [9.17, 15) is 0 Å². The molecule has 1 fully saturated rings. The Morgan fingerprint density at radius 1 is 1.14 bits per heavy atom. The predicted octanol–water partition coefficient (Wildman–Crippen LogP) is 5.26. The highest BCUT2D eigenvalue weighted by Crippen LogP contribution is 2.28. The number of hydrogen-bond acceptors (Lipinski definition) is 6. The Kier molecular flexibility index (Phi) is 6.21. The predicted molar refractivity (Wildman–Crippen MR) is 120 cm³/mol. The van der Waals surface area contributed by atoms with Crippen LogP contribution >= 0.6 is 11.3 Å². The van der Waals surface area contributed by atoms with E-state index in [0.717, 1.165) is 41.0 Å². The summed E-state index contributed by atoms with van der Waals surface area (Å²) < 4.78 is 0. The summed E-state index contributed by atoms with van der Waals surface area (Å²) in [6.45, 7) is 8.51. The molecule has 5 nitrogen and oxygen atoms in total. The van der Waals surface area contributed by atoms with Crippen molar-refractivity contribution in [3.8, 4) is 0 Å². The smallest absolute Gasteiger partial charge is 0.188 e. The molecule has 1 saturated heterocycles. The second-order valence-corrected chi connectivity index (χ2v) is 9.03. The highest BCUT2D eigenvalue weighted by molar-refractivity contribution is 7.15. The van der Waals surface area contributed by atoms with Crippen LogP contribution in [0.25, 0.3) is 0 Å². The van der Waals surface area contributed by atoms with Crippen LogP contribution in [-0.4, -0.2) is 32.4 Å². The van der Waals surface area contributed by atoms with Crippen LogP contribution < -0.4 is 5.32 Å². The molecule has 1 aliphatic rings. The molecule has 0 spiro atoms. The summed E-state index contributed by atoms with van der Waals surface area (Å²) in [7, 11) is 0. The first-order valence-corrected chi connectivity index (χ1v) is 11.2. The van der Waals surface area contributed by atoms with Crippen LogP contribution in [0.2, 0.25) is 0 Å². The van der Waals surface area contributed by atoms with E-state index >= 15 is 0 Å². The Balaban J connectivity index is 1.52. The summed E-state index contributed by atoms with van der Waals surface area (Å²) in [5.74, 6) is 1.65. The lowest BCUT2D eigenvalue weighted by molar-refractivity contribution is 0.154. The molecular weight excluding hydrogens is 378 g/mol.